The number of hydrogen-bond donors (Lipinski definition) is 1. The summed E-state index contributed by atoms with van der Waals surface area (Å²) in [6.07, 6.45) is 0. The Balaban J connectivity index is 2.64. The number of hydrogen-bond acceptors (Lipinski definition) is 1. The van der Waals surface area contributed by atoms with Crippen molar-refractivity contribution in [3.8, 4) is 16.9 Å². The zero-order chi connectivity index (χ0) is 12.6. The fourth-order valence-electron chi connectivity index (χ4n) is 1.46. The third kappa shape index (κ3) is 2.49. The van der Waals surface area contributed by atoms with Crippen molar-refractivity contribution in [3.05, 3.63) is 51.2 Å². The number of phenolic OH excluding ortho intramolecular Hbond substituents is 1. The SMILES string of the molecule is Oc1cc(F)c(Cl)cc1-c1ccc(Cl)cc1Cl. The van der Waals surface area contributed by atoms with Gasteiger partial charge in [-0.25, -0.2) is 4.39 Å². The van der Waals surface area contributed by atoms with Crippen molar-refractivity contribution in [1.29, 1.82) is 0 Å². The molecule has 0 heterocycles. The maximum absolute atomic E-state index is 13.1. The van der Waals surface area contributed by atoms with Gasteiger partial charge < -0.3 is 5.11 Å². The third-order valence-corrected chi connectivity index (χ3v) is 3.10. The Labute approximate surface area is 112 Å². The van der Waals surface area contributed by atoms with E-state index in [-0.39, 0.29) is 10.8 Å². The summed E-state index contributed by atoms with van der Waals surface area (Å²) in [6.45, 7) is 0. The average Bonchev–Trinajstić information content (AvgIpc) is 2.24. The van der Waals surface area contributed by atoms with Crippen LogP contribution in [-0.2, 0) is 0 Å². The van der Waals surface area contributed by atoms with E-state index in [9.17, 15) is 9.50 Å². The minimum atomic E-state index is -0.682. The van der Waals surface area contributed by atoms with E-state index in [2.05, 4.69) is 0 Å². The molecule has 0 aliphatic rings. The van der Waals surface area contributed by atoms with Crippen LogP contribution in [0, 0.1) is 5.82 Å². The van der Waals surface area contributed by atoms with Gasteiger partial charge in [-0.3, -0.25) is 0 Å². The highest BCUT2D eigenvalue weighted by Gasteiger charge is 2.12. The first kappa shape index (κ1) is 12.5. The Morgan fingerprint density at radius 1 is 0.882 bits per heavy atom. The minimum Gasteiger partial charge on any atom is -0.507 e. The molecular weight excluding hydrogens is 285 g/mol. The molecule has 0 fully saturated rings. The van der Waals surface area contributed by atoms with E-state index in [0.29, 0.717) is 21.2 Å². The van der Waals surface area contributed by atoms with Crippen LogP contribution in [0.3, 0.4) is 0 Å². The minimum absolute atomic E-state index is 0.0798. The molecule has 5 heteroatoms. The summed E-state index contributed by atoms with van der Waals surface area (Å²) in [7, 11) is 0. The number of benzene rings is 2. The number of rotatable bonds is 1. The second-order valence-electron chi connectivity index (χ2n) is 3.41. The van der Waals surface area contributed by atoms with Crippen LogP contribution in [0.2, 0.25) is 15.1 Å². The van der Waals surface area contributed by atoms with Crippen LogP contribution in [0.15, 0.2) is 30.3 Å². The van der Waals surface area contributed by atoms with E-state index in [4.69, 9.17) is 34.8 Å². The molecule has 2 aromatic rings. The van der Waals surface area contributed by atoms with E-state index in [1.807, 2.05) is 0 Å². The molecule has 0 unspecified atom stereocenters. The Hall–Kier alpha value is -0.960. The summed E-state index contributed by atoms with van der Waals surface area (Å²) < 4.78 is 13.1. The molecule has 2 aromatic carbocycles. The van der Waals surface area contributed by atoms with Gasteiger partial charge in [-0.15, -0.1) is 0 Å². The van der Waals surface area contributed by atoms with Gasteiger partial charge in [0.15, 0.2) is 0 Å². The first-order valence-corrected chi connectivity index (χ1v) is 5.76. The first-order valence-electron chi connectivity index (χ1n) is 4.62. The van der Waals surface area contributed by atoms with Crippen LogP contribution >= 0.6 is 34.8 Å². The quantitative estimate of drug-likeness (QED) is 0.769. The Morgan fingerprint density at radius 3 is 2.24 bits per heavy atom. The van der Waals surface area contributed by atoms with Gasteiger partial charge in [0.25, 0.3) is 0 Å². The molecule has 0 saturated heterocycles. The van der Waals surface area contributed by atoms with Crippen molar-refractivity contribution in [3.63, 3.8) is 0 Å². The number of halogens is 4. The van der Waals surface area contributed by atoms with E-state index < -0.39 is 5.82 Å². The lowest BCUT2D eigenvalue weighted by atomic mass is 10.0. The lowest BCUT2D eigenvalue weighted by Crippen LogP contribution is -1.84. The van der Waals surface area contributed by atoms with Gasteiger partial charge in [0.1, 0.15) is 11.6 Å². The van der Waals surface area contributed by atoms with Crippen molar-refractivity contribution in [2.24, 2.45) is 0 Å². The summed E-state index contributed by atoms with van der Waals surface area (Å²) in [4.78, 5) is 0. The normalized spacial score (nSPS) is 10.6. The first-order chi connectivity index (χ1) is 7.99. The van der Waals surface area contributed by atoms with Crippen molar-refractivity contribution < 1.29 is 9.50 Å². The van der Waals surface area contributed by atoms with Crippen LogP contribution in [0.4, 0.5) is 4.39 Å². The van der Waals surface area contributed by atoms with Crippen LogP contribution in [0.25, 0.3) is 11.1 Å². The molecule has 0 aliphatic heterocycles. The summed E-state index contributed by atoms with van der Waals surface area (Å²) in [5.74, 6) is -0.908. The van der Waals surface area contributed by atoms with Crippen LogP contribution in [0.1, 0.15) is 0 Å². The molecule has 0 spiro atoms. The summed E-state index contributed by atoms with van der Waals surface area (Å²) in [5.41, 5.74) is 0.897. The molecule has 1 nitrogen and oxygen atoms in total. The molecule has 2 rings (SSSR count). The predicted molar refractivity (Wildman–Crippen MR) is 68.5 cm³/mol. The Bertz CT molecular complexity index is 584. The molecule has 0 atom stereocenters. The molecule has 0 aromatic heterocycles. The molecule has 0 radical (unpaired) electrons. The van der Waals surface area contributed by atoms with Crippen LogP contribution < -0.4 is 0 Å². The van der Waals surface area contributed by atoms with E-state index in [1.54, 1.807) is 12.1 Å². The third-order valence-electron chi connectivity index (χ3n) is 2.26. The van der Waals surface area contributed by atoms with Gasteiger partial charge in [0, 0.05) is 22.2 Å². The summed E-state index contributed by atoms with van der Waals surface area (Å²) in [5, 5.41) is 10.4. The summed E-state index contributed by atoms with van der Waals surface area (Å²) >= 11 is 17.4. The van der Waals surface area contributed by atoms with Gasteiger partial charge in [-0.2, -0.15) is 0 Å². The van der Waals surface area contributed by atoms with Crippen molar-refractivity contribution in [2.75, 3.05) is 0 Å². The maximum atomic E-state index is 13.1. The van der Waals surface area contributed by atoms with E-state index in [0.717, 1.165) is 6.07 Å². The molecule has 1 N–H and O–H groups in total. The van der Waals surface area contributed by atoms with E-state index in [1.165, 1.54) is 12.1 Å². The average molecular weight is 292 g/mol. The van der Waals surface area contributed by atoms with Crippen molar-refractivity contribution in [2.45, 2.75) is 0 Å². The lowest BCUT2D eigenvalue weighted by Gasteiger charge is -2.08. The van der Waals surface area contributed by atoms with Gasteiger partial charge in [0.2, 0.25) is 0 Å². The van der Waals surface area contributed by atoms with Gasteiger partial charge in [-0.1, -0.05) is 40.9 Å². The number of aromatic hydroxyl groups is 1. The second kappa shape index (κ2) is 4.73. The van der Waals surface area contributed by atoms with Crippen LogP contribution in [0.5, 0.6) is 5.75 Å². The maximum Gasteiger partial charge on any atom is 0.145 e. The summed E-state index contributed by atoms with van der Waals surface area (Å²) in [6, 6.07) is 7.06. The second-order valence-corrected chi connectivity index (χ2v) is 4.66. The highest BCUT2D eigenvalue weighted by molar-refractivity contribution is 6.36. The van der Waals surface area contributed by atoms with Gasteiger partial charge in [-0.05, 0) is 18.2 Å². The van der Waals surface area contributed by atoms with Crippen molar-refractivity contribution in [1.82, 2.24) is 0 Å². The molecule has 0 amide bonds. The molecule has 17 heavy (non-hydrogen) atoms. The zero-order valence-electron chi connectivity index (χ0n) is 8.35. The van der Waals surface area contributed by atoms with E-state index >= 15 is 0 Å². The standard InChI is InChI=1S/C12H6Cl3FO/c13-6-1-2-7(9(14)3-6)8-4-10(15)11(16)5-12(8)17/h1-5,17H. The molecule has 0 bridgehead atoms. The topological polar surface area (TPSA) is 20.2 Å². The fourth-order valence-corrected chi connectivity index (χ4v) is 2.13. The molecule has 0 aliphatic carbocycles. The molecule has 0 saturated carbocycles. The highest BCUT2D eigenvalue weighted by atomic mass is 35.5. The molecule has 88 valence electrons. The fraction of sp³-hybridized carbons (Fsp3) is 0. The lowest BCUT2D eigenvalue weighted by molar-refractivity contribution is 0.471. The van der Waals surface area contributed by atoms with Crippen molar-refractivity contribution >= 4 is 34.8 Å². The van der Waals surface area contributed by atoms with Gasteiger partial charge >= 0.3 is 0 Å². The zero-order valence-corrected chi connectivity index (χ0v) is 10.6. The Morgan fingerprint density at radius 2 is 1.59 bits per heavy atom. The highest BCUT2D eigenvalue weighted by Crippen LogP contribution is 2.38. The van der Waals surface area contributed by atoms with Crippen LogP contribution in [-0.4, -0.2) is 5.11 Å². The number of phenols is 1. The predicted octanol–water partition coefficient (Wildman–Crippen LogP) is 5.16. The Kier molecular flexibility index (Phi) is 3.48. The largest absolute Gasteiger partial charge is 0.507 e. The van der Waals surface area contributed by atoms with Gasteiger partial charge in [0.05, 0.1) is 10.0 Å². The smallest absolute Gasteiger partial charge is 0.145 e. The molecular formula is C12H6Cl3FO. The monoisotopic (exact) mass is 290 g/mol.